The van der Waals surface area contributed by atoms with E-state index in [2.05, 4.69) is 0 Å². The van der Waals surface area contributed by atoms with Gasteiger partial charge < -0.3 is 5.11 Å². The molecule has 0 aliphatic carbocycles. The van der Waals surface area contributed by atoms with Gasteiger partial charge in [0.05, 0.1) is 4.90 Å². The standard InChI is InChI=1S/C20H23NO4S3/c1-20(2)18(19(22)23)21(12-13-27-20)28(24,25)15-10-8-14(9-11-15)16-6-4-5-7-17(16)26-3/h4-11,18H,12-13H2,1-3H3,(H,22,23). The van der Waals surface area contributed by atoms with Crippen molar-refractivity contribution in [1.82, 2.24) is 4.31 Å². The predicted molar refractivity (Wildman–Crippen MR) is 116 cm³/mol. The Balaban J connectivity index is 1.97. The number of benzene rings is 2. The minimum absolute atomic E-state index is 0.117. The summed E-state index contributed by atoms with van der Waals surface area (Å²) in [7, 11) is -3.91. The van der Waals surface area contributed by atoms with E-state index in [4.69, 9.17) is 0 Å². The number of hydrogen-bond acceptors (Lipinski definition) is 5. The maximum Gasteiger partial charge on any atom is 0.323 e. The van der Waals surface area contributed by atoms with Gasteiger partial charge in [-0.05, 0) is 49.4 Å². The number of rotatable bonds is 5. The first kappa shape index (κ1) is 21.2. The first-order valence-corrected chi connectivity index (χ1v) is 12.5. The molecule has 1 unspecified atom stereocenters. The van der Waals surface area contributed by atoms with Crippen molar-refractivity contribution >= 4 is 39.5 Å². The van der Waals surface area contributed by atoms with Gasteiger partial charge in [0.25, 0.3) is 0 Å². The molecule has 2 aromatic carbocycles. The van der Waals surface area contributed by atoms with Crippen molar-refractivity contribution in [3.8, 4) is 11.1 Å². The molecule has 1 heterocycles. The van der Waals surface area contributed by atoms with Crippen LogP contribution in [0.1, 0.15) is 13.8 Å². The number of hydrogen-bond donors (Lipinski definition) is 1. The second-order valence-corrected chi connectivity index (χ2v) is 11.5. The molecule has 0 saturated carbocycles. The van der Waals surface area contributed by atoms with Crippen LogP contribution < -0.4 is 0 Å². The third-order valence-corrected chi connectivity index (χ3v) is 8.87. The number of sulfonamides is 1. The third kappa shape index (κ3) is 3.96. The van der Waals surface area contributed by atoms with Crippen molar-refractivity contribution < 1.29 is 18.3 Å². The van der Waals surface area contributed by atoms with Crippen LogP contribution in [-0.4, -0.2) is 53.1 Å². The zero-order chi connectivity index (χ0) is 20.5. The van der Waals surface area contributed by atoms with E-state index in [-0.39, 0.29) is 11.4 Å². The smallest absolute Gasteiger partial charge is 0.323 e. The highest BCUT2D eigenvalue weighted by molar-refractivity contribution is 8.01. The summed E-state index contributed by atoms with van der Waals surface area (Å²) in [6.07, 6.45) is 2.00. The number of carboxylic acid groups (broad SMARTS) is 1. The van der Waals surface area contributed by atoms with Crippen molar-refractivity contribution in [3.63, 3.8) is 0 Å². The van der Waals surface area contributed by atoms with E-state index >= 15 is 0 Å². The quantitative estimate of drug-likeness (QED) is 0.712. The Hall–Kier alpha value is -1.48. The average Bonchev–Trinajstić information content (AvgIpc) is 2.66. The largest absolute Gasteiger partial charge is 0.480 e. The van der Waals surface area contributed by atoms with Crippen LogP contribution >= 0.6 is 23.5 Å². The molecule has 1 aliphatic rings. The van der Waals surface area contributed by atoms with Crippen LogP contribution in [0.15, 0.2) is 58.3 Å². The van der Waals surface area contributed by atoms with Gasteiger partial charge in [-0.3, -0.25) is 4.79 Å². The molecule has 5 nitrogen and oxygen atoms in total. The molecule has 1 N–H and O–H groups in total. The molecule has 0 bridgehead atoms. The second-order valence-electron chi connectivity index (χ2n) is 7.03. The molecule has 2 aromatic rings. The monoisotopic (exact) mass is 437 g/mol. The fourth-order valence-corrected chi connectivity index (χ4v) is 7.17. The first-order chi connectivity index (χ1) is 13.2. The zero-order valence-electron chi connectivity index (χ0n) is 16.0. The number of carbonyl (C=O) groups is 1. The molecular formula is C20H23NO4S3. The fourth-order valence-electron chi connectivity index (χ4n) is 3.46. The van der Waals surface area contributed by atoms with E-state index in [1.54, 1.807) is 49.9 Å². The predicted octanol–water partition coefficient (Wildman–Crippen LogP) is 4.04. The van der Waals surface area contributed by atoms with Gasteiger partial charge in [0, 0.05) is 21.9 Å². The Bertz CT molecular complexity index is 971. The van der Waals surface area contributed by atoms with E-state index in [9.17, 15) is 18.3 Å². The molecule has 28 heavy (non-hydrogen) atoms. The van der Waals surface area contributed by atoms with E-state index in [0.29, 0.717) is 5.75 Å². The van der Waals surface area contributed by atoms with Gasteiger partial charge in [0.2, 0.25) is 10.0 Å². The second kappa shape index (κ2) is 8.10. The highest BCUT2D eigenvalue weighted by atomic mass is 32.2. The Morgan fingerprint density at radius 3 is 2.43 bits per heavy atom. The summed E-state index contributed by atoms with van der Waals surface area (Å²) in [5, 5.41) is 9.68. The highest BCUT2D eigenvalue weighted by Crippen LogP contribution is 2.38. The van der Waals surface area contributed by atoms with Gasteiger partial charge >= 0.3 is 5.97 Å². The van der Waals surface area contributed by atoms with Gasteiger partial charge in [0.15, 0.2) is 0 Å². The zero-order valence-corrected chi connectivity index (χ0v) is 18.4. The van der Waals surface area contributed by atoms with E-state index in [1.165, 1.54) is 11.8 Å². The Labute approximate surface area is 174 Å². The molecule has 3 rings (SSSR count). The summed E-state index contributed by atoms with van der Waals surface area (Å²) in [6, 6.07) is 13.5. The van der Waals surface area contributed by atoms with Crippen molar-refractivity contribution in [3.05, 3.63) is 48.5 Å². The van der Waals surface area contributed by atoms with Crippen LogP contribution in [0.3, 0.4) is 0 Å². The molecule has 0 spiro atoms. The fraction of sp³-hybridized carbons (Fsp3) is 0.350. The van der Waals surface area contributed by atoms with Crippen molar-refractivity contribution in [2.24, 2.45) is 0 Å². The first-order valence-electron chi connectivity index (χ1n) is 8.80. The van der Waals surface area contributed by atoms with Gasteiger partial charge in [-0.25, -0.2) is 8.42 Å². The minimum atomic E-state index is -3.91. The summed E-state index contributed by atoms with van der Waals surface area (Å²) in [6.45, 7) is 3.74. The normalized spacial score (nSPS) is 20.0. The molecular weight excluding hydrogens is 414 g/mol. The molecule has 1 aliphatic heterocycles. The van der Waals surface area contributed by atoms with E-state index < -0.39 is 26.8 Å². The third-order valence-electron chi connectivity index (χ3n) is 4.85. The van der Waals surface area contributed by atoms with E-state index in [0.717, 1.165) is 20.3 Å². The highest BCUT2D eigenvalue weighted by Gasteiger charge is 2.48. The summed E-state index contributed by atoms with van der Waals surface area (Å²) < 4.78 is 26.9. The maximum atomic E-state index is 13.2. The van der Waals surface area contributed by atoms with Gasteiger partial charge in [-0.2, -0.15) is 16.1 Å². The Kier molecular flexibility index (Phi) is 6.14. The number of nitrogens with zero attached hydrogens (tertiary/aromatic N) is 1. The molecule has 1 saturated heterocycles. The summed E-state index contributed by atoms with van der Waals surface area (Å²) in [5.74, 6) is -0.554. The van der Waals surface area contributed by atoms with Crippen LogP contribution in [0.4, 0.5) is 0 Å². The molecule has 8 heteroatoms. The lowest BCUT2D eigenvalue weighted by Crippen LogP contribution is -2.58. The lowest BCUT2D eigenvalue weighted by Gasteiger charge is -2.42. The lowest BCUT2D eigenvalue weighted by atomic mass is 10.0. The summed E-state index contributed by atoms with van der Waals surface area (Å²) in [4.78, 5) is 13.1. The minimum Gasteiger partial charge on any atom is -0.480 e. The van der Waals surface area contributed by atoms with Gasteiger partial charge in [0.1, 0.15) is 6.04 Å². The van der Waals surface area contributed by atoms with Crippen molar-refractivity contribution in [2.75, 3.05) is 18.6 Å². The van der Waals surface area contributed by atoms with Crippen LogP contribution in [0.5, 0.6) is 0 Å². The summed E-state index contributed by atoms with van der Waals surface area (Å²) in [5.41, 5.74) is 1.96. The molecule has 1 atom stereocenters. The molecule has 0 amide bonds. The molecule has 1 fully saturated rings. The van der Waals surface area contributed by atoms with Gasteiger partial charge in [-0.15, -0.1) is 11.8 Å². The number of carboxylic acids is 1. The lowest BCUT2D eigenvalue weighted by molar-refractivity contribution is -0.142. The maximum absolute atomic E-state index is 13.2. The molecule has 150 valence electrons. The van der Waals surface area contributed by atoms with Crippen LogP contribution in [-0.2, 0) is 14.8 Å². The average molecular weight is 438 g/mol. The number of thioether (sulfide) groups is 2. The van der Waals surface area contributed by atoms with Crippen LogP contribution in [0.25, 0.3) is 11.1 Å². The van der Waals surface area contributed by atoms with E-state index in [1.807, 2.05) is 30.5 Å². The summed E-state index contributed by atoms with van der Waals surface area (Å²) >= 11 is 3.12. The SMILES string of the molecule is CSc1ccccc1-c1ccc(S(=O)(=O)N2CCSC(C)(C)C2C(=O)O)cc1. The Morgan fingerprint density at radius 2 is 1.82 bits per heavy atom. The van der Waals surface area contributed by atoms with Crippen molar-refractivity contribution in [2.45, 2.75) is 34.4 Å². The molecule has 0 aromatic heterocycles. The van der Waals surface area contributed by atoms with Gasteiger partial charge in [-0.1, -0.05) is 30.3 Å². The van der Waals surface area contributed by atoms with Crippen LogP contribution in [0, 0.1) is 0 Å². The van der Waals surface area contributed by atoms with Crippen LogP contribution in [0.2, 0.25) is 0 Å². The van der Waals surface area contributed by atoms with Crippen molar-refractivity contribution in [1.29, 1.82) is 0 Å². The Morgan fingerprint density at radius 1 is 1.18 bits per heavy atom. The number of aliphatic carboxylic acids is 1. The molecule has 0 radical (unpaired) electrons. The topological polar surface area (TPSA) is 74.7 Å².